The molecule has 0 bridgehead atoms. The molecule has 2 N–H and O–H groups in total. The normalized spacial score (nSPS) is 16.0. The molecule has 1 aliphatic heterocycles. The molecule has 4 rings (SSSR count). The summed E-state index contributed by atoms with van der Waals surface area (Å²) < 4.78 is 7.35. The molecule has 0 radical (unpaired) electrons. The van der Waals surface area contributed by atoms with Gasteiger partial charge in [-0.15, -0.1) is 0 Å². The number of imidazole rings is 1. The molecule has 1 saturated heterocycles. The first-order valence-corrected chi connectivity index (χ1v) is 8.27. The summed E-state index contributed by atoms with van der Waals surface area (Å²) >= 11 is 0. The predicted octanol–water partition coefficient (Wildman–Crippen LogP) is 1.12. The molecule has 0 unspecified atom stereocenters. The highest BCUT2D eigenvalue weighted by Crippen LogP contribution is 2.22. The Balaban J connectivity index is 1.62. The van der Waals surface area contributed by atoms with Crippen LogP contribution in [0.4, 0.5) is 5.82 Å². The topological polar surface area (TPSA) is 74.9 Å². The van der Waals surface area contributed by atoms with E-state index in [-0.39, 0.29) is 6.61 Å². The van der Waals surface area contributed by atoms with Crippen molar-refractivity contribution >= 4 is 22.5 Å². The summed E-state index contributed by atoms with van der Waals surface area (Å²) in [6.07, 6.45) is 1.70. The highest BCUT2D eigenvalue weighted by Gasteiger charge is 2.14. The van der Waals surface area contributed by atoms with Gasteiger partial charge in [-0.25, -0.2) is 9.97 Å². The molecule has 0 amide bonds. The van der Waals surface area contributed by atoms with Gasteiger partial charge in [0.25, 0.3) is 0 Å². The van der Waals surface area contributed by atoms with Gasteiger partial charge in [0, 0.05) is 26.2 Å². The largest absolute Gasteiger partial charge is 0.390 e. The maximum Gasteiger partial charge on any atom is 0.180 e. The highest BCUT2D eigenvalue weighted by atomic mass is 16.5. The zero-order valence-electron chi connectivity index (χ0n) is 13.5. The lowest BCUT2D eigenvalue weighted by molar-refractivity contribution is 0.0398. The van der Waals surface area contributed by atoms with E-state index in [4.69, 9.17) is 9.72 Å². The number of para-hydroxylation sites is 2. The van der Waals surface area contributed by atoms with Crippen molar-refractivity contribution in [2.75, 3.05) is 44.7 Å². The molecule has 0 atom stereocenters. The summed E-state index contributed by atoms with van der Waals surface area (Å²) in [6, 6.07) is 7.90. The van der Waals surface area contributed by atoms with Crippen LogP contribution in [0, 0.1) is 0 Å². The first-order valence-electron chi connectivity index (χ1n) is 8.27. The molecule has 1 fully saturated rings. The molecule has 0 spiro atoms. The number of hydrogen-bond donors (Lipinski definition) is 2. The van der Waals surface area contributed by atoms with Crippen molar-refractivity contribution in [2.24, 2.45) is 0 Å². The molecular weight excluding hydrogens is 306 g/mol. The predicted molar refractivity (Wildman–Crippen MR) is 92.2 cm³/mol. The van der Waals surface area contributed by atoms with Crippen LogP contribution in [0.2, 0.25) is 0 Å². The average molecular weight is 327 g/mol. The molecular formula is C17H21N5O2. The smallest absolute Gasteiger partial charge is 0.180 e. The van der Waals surface area contributed by atoms with E-state index >= 15 is 0 Å². The Bertz CT molecular complexity index is 841. The van der Waals surface area contributed by atoms with Gasteiger partial charge in [0.05, 0.1) is 42.7 Å². The van der Waals surface area contributed by atoms with Gasteiger partial charge < -0.3 is 15.2 Å². The maximum atomic E-state index is 9.60. The summed E-state index contributed by atoms with van der Waals surface area (Å²) in [5.74, 6) is 0.752. The van der Waals surface area contributed by atoms with Crippen LogP contribution in [0.25, 0.3) is 16.7 Å². The third-order valence-electron chi connectivity index (χ3n) is 4.39. The number of anilines is 1. The summed E-state index contributed by atoms with van der Waals surface area (Å²) in [5.41, 5.74) is 3.35. The third kappa shape index (κ3) is 2.82. The van der Waals surface area contributed by atoms with Crippen LogP contribution in [-0.2, 0) is 11.3 Å². The Morgan fingerprint density at radius 1 is 1.21 bits per heavy atom. The molecule has 1 aromatic carbocycles. The fraction of sp³-hybridized carbons (Fsp3) is 0.412. The van der Waals surface area contributed by atoms with E-state index in [1.165, 1.54) is 0 Å². The standard InChI is InChI=1S/C17H21N5O2/c23-12-13-11-19-17-16(18-5-6-21-7-9-24-10-8-21)20-14-3-1-2-4-15(14)22(13)17/h1-4,11,23H,5-10,12H2,(H,18,20). The van der Waals surface area contributed by atoms with Gasteiger partial charge in [0.15, 0.2) is 11.5 Å². The number of hydrogen-bond acceptors (Lipinski definition) is 6. The molecule has 3 heterocycles. The van der Waals surface area contributed by atoms with E-state index < -0.39 is 0 Å². The van der Waals surface area contributed by atoms with E-state index in [0.717, 1.165) is 67.6 Å². The monoisotopic (exact) mass is 327 g/mol. The Labute approximate surface area is 139 Å². The number of benzene rings is 1. The Morgan fingerprint density at radius 3 is 2.88 bits per heavy atom. The minimum absolute atomic E-state index is 0.0532. The van der Waals surface area contributed by atoms with Crippen molar-refractivity contribution < 1.29 is 9.84 Å². The number of aliphatic hydroxyl groups is 1. The molecule has 126 valence electrons. The third-order valence-corrected chi connectivity index (χ3v) is 4.39. The molecule has 2 aromatic heterocycles. The fourth-order valence-electron chi connectivity index (χ4n) is 3.13. The first kappa shape index (κ1) is 15.3. The van der Waals surface area contributed by atoms with E-state index in [0.29, 0.717) is 0 Å². The number of ether oxygens (including phenoxy) is 1. The van der Waals surface area contributed by atoms with Crippen LogP contribution in [0.5, 0.6) is 0 Å². The summed E-state index contributed by atoms with van der Waals surface area (Å²) in [7, 11) is 0. The van der Waals surface area contributed by atoms with Crippen molar-refractivity contribution in [3.8, 4) is 0 Å². The lowest BCUT2D eigenvalue weighted by Gasteiger charge is -2.26. The van der Waals surface area contributed by atoms with Crippen molar-refractivity contribution in [1.82, 2.24) is 19.3 Å². The number of aromatic nitrogens is 3. The van der Waals surface area contributed by atoms with Gasteiger partial charge >= 0.3 is 0 Å². The van der Waals surface area contributed by atoms with E-state index in [9.17, 15) is 5.11 Å². The van der Waals surface area contributed by atoms with Crippen molar-refractivity contribution in [1.29, 1.82) is 0 Å². The SMILES string of the molecule is OCc1cnc2c(NCCN3CCOCC3)nc3ccccc3n12. The lowest BCUT2D eigenvalue weighted by atomic mass is 10.3. The zero-order valence-corrected chi connectivity index (χ0v) is 13.5. The van der Waals surface area contributed by atoms with Crippen molar-refractivity contribution in [3.63, 3.8) is 0 Å². The Hall–Kier alpha value is -2.22. The first-order chi connectivity index (χ1) is 11.9. The summed E-state index contributed by atoms with van der Waals surface area (Å²) in [5, 5.41) is 13.0. The Morgan fingerprint density at radius 2 is 2.04 bits per heavy atom. The molecule has 7 nitrogen and oxygen atoms in total. The van der Waals surface area contributed by atoms with Gasteiger partial charge in [-0.1, -0.05) is 12.1 Å². The Kier molecular flexibility index (Phi) is 4.29. The number of morpholine rings is 1. The van der Waals surface area contributed by atoms with Crippen LogP contribution < -0.4 is 5.32 Å². The molecule has 0 aliphatic carbocycles. The number of nitrogens with zero attached hydrogens (tertiary/aromatic N) is 4. The molecule has 7 heteroatoms. The molecule has 3 aromatic rings. The van der Waals surface area contributed by atoms with Crippen LogP contribution in [0.15, 0.2) is 30.5 Å². The van der Waals surface area contributed by atoms with E-state index in [1.54, 1.807) is 6.20 Å². The minimum atomic E-state index is -0.0532. The van der Waals surface area contributed by atoms with E-state index in [2.05, 4.69) is 15.2 Å². The van der Waals surface area contributed by atoms with Crippen LogP contribution in [-0.4, -0.2) is 63.8 Å². The van der Waals surface area contributed by atoms with Crippen molar-refractivity contribution in [2.45, 2.75) is 6.61 Å². The quantitative estimate of drug-likeness (QED) is 0.731. The maximum absolute atomic E-state index is 9.60. The second kappa shape index (κ2) is 6.72. The van der Waals surface area contributed by atoms with Gasteiger partial charge in [0.2, 0.25) is 0 Å². The molecule has 1 aliphatic rings. The van der Waals surface area contributed by atoms with Crippen LogP contribution in [0.1, 0.15) is 5.69 Å². The minimum Gasteiger partial charge on any atom is -0.390 e. The summed E-state index contributed by atoms with van der Waals surface area (Å²) in [6.45, 7) is 5.24. The number of rotatable bonds is 5. The molecule has 24 heavy (non-hydrogen) atoms. The summed E-state index contributed by atoms with van der Waals surface area (Å²) in [4.78, 5) is 11.5. The van der Waals surface area contributed by atoms with Gasteiger partial charge in [0.1, 0.15) is 0 Å². The van der Waals surface area contributed by atoms with Gasteiger partial charge in [-0.3, -0.25) is 9.30 Å². The second-order valence-electron chi connectivity index (χ2n) is 5.90. The lowest BCUT2D eigenvalue weighted by Crippen LogP contribution is -2.39. The molecule has 0 saturated carbocycles. The number of aliphatic hydroxyl groups excluding tert-OH is 1. The number of nitrogens with one attached hydrogen (secondary N) is 1. The average Bonchev–Trinajstić information content (AvgIpc) is 3.07. The van der Waals surface area contributed by atoms with E-state index in [1.807, 2.05) is 28.7 Å². The second-order valence-corrected chi connectivity index (χ2v) is 5.90. The fourth-order valence-corrected chi connectivity index (χ4v) is 3.13. The van der Waals surface area contributed by atoms with Crippen molar-refractivity contribution in [3.05, 3.63) is 36.2 Å². The van der Waals surface area contributed by atoms with Crippen LogP contribution >= 0.6 is 0 Å². The van der Waals surface area contributed by atoms with Gasteiger partial charge in [-0.05, 0) is 12.1 Å². The van der Waals surface area contributed by atoms with Crippen LogP contribution in [0.3, 0.4) is 0 Å². The highest BCUT2D eigenvalue weighted by molar-refractivity contribution is 5.83. The van der Waals surface area contributed by atoms with Gasteiger partial charge in [-0.2, -0.15) is 0 Å². The number of fused-ring (bicyclic) bond motifs is 3. The zero-order chi connectivity index (χ0) is 16.4.